The lowest BCUT2D eigenvalue weighted by atomic mass is 10.2. The second-order valence-corrected chi connectivity index (χ2v) is 9.28. The summed E-state index contributed by atoms with van der Waals surface area (Å²) >= 11 is 0. The van der Waals surface area contributed by atoms with Crippen molar-refractivity contribution in [3.63, 3.8) is 0 Å². The van der Waals surface area contributed by atoms with E-state index in [-0.39, 0.29) is 0 Å². The molecular formula is C21H13N2OS2+. The second-order valence-electron chi connectivity index (χ2n) is 5.90. The van der Waals surface area contributed by atoms with Crippen LogP contribution in [0.4, 0.5) is 5.69 Å². The number of benzene rings is 3. The fourth-order valence-corrected chi connectivity index (χ4v) is 7.17. The summed E-state index contributed by atoms with van der Waals surface area (Å²) in [6.45, 7) is 9.31. The van der Waals surface area contributed by atoms with Crippen molar-refractivity contribution in [2.45, 2.75) is 31.4 Å². The molecule has 0 radical (unpaired) electrons. The molecule has 4 rings (SSSR count). The van der Waals surface area contributed by atoms with E-state index in [1.54, 1.807) is 24.3 Å². The number of hydrogen-bond donors (Lipinski definition) is 0. The molecule has 0 bridgehead atoms. The van der Waals surface area contributed by atoms with Crippen molar-refractivity contribution >= 4 is 27.4 Å². The molecule has 0 aliphatic carbocycles. The molecule has 2 unspecified atom stereocenters. The maximum atomic E-state index is 13.2. The summed E-state index contributed by atoms with van der Waals surface area (Å²) in [5.41, 5.74) is 2.15. The van der Waals surface area contributed by atoms with Crippen LogP contribution in [0.5, 0.6) is 0 Å². The van der Waals surface area contributed by atoms with E-state index in [0.29, 0.717) is 21.0 Å². The molecule has 3 aromatic carbocycles. The zero-order valence-corrected chi connectivity index (χ0v) is 15.5. The number of nitrogens with zero attached hydrogens (tertiary/aromatic N) is 2. The standard InChI is InChI=1S/C21H13N2OS2/c1-14-3-7-17(8-4-14)25-18-9-5-15(13-22)11-20(18)26(24)21-12-16(23-2)6-10-19(21)25/h3-12H,1H3/q+1. The lowest BCUT2D eigenvalue weighted by molar-refractivity contribution is 0.679. The first-order valence-electron chi connectivity index (χ1n) is 7.91. The van der Waals surface area contributed by atoms with Crippen molar-refractivity contribution in [2.24, 2.45) is 0 Å². The smallest absolute Gasteiger partial charge is 0.188 e. The minimum Gasteiger partial charge on any atom is -0.249 e. The monoisotopic (exact) mass is 373 g/mol. The van der Waals surface area contributed by atoms with Crippen molar-refractivity contribution in [1.29, 1.82) is 5.26 Å². The molecule has 0 amide bonds. The Balaban J connectivity index is 2.02. The second kappa shape index (κ2) is 6.46. The van der Waals surface area contributed by atoms with Crippen molar-refractivity contribution in [3.8, 4) is 6.07 Å². The molecule has 0 saturated heterocycles. The van der Waals surface area contributed by atoms with Gasteiger partial charge < -0.3 is 0 Å². The molecule has 1 aliphatic heterocycles. The third-order valence-electron chi connectivity index (χ3n) is 4.23. The van der Waals surface area contributed by atoms with Crippen LogP contribution in [0.2, 0.25) is 0 Å². The Labute approximate surface area is 157 Å². The summed E-state index contributed by atoms with van der Waals surface area (Å²) in [5.74, 6) is 0. The Morgan fingerprint density at radius 3 is 2.31 bits per heavy atom. The largest absolute Gasteiger partial charge is 0.249 e. The number of hydrogen-bond acceptors (Lipinski definition) is 2. The first-order chi connectivity index (χ1) is 12.6. The summed E-state index contributed by atoms with van der Waals surface area (Å²) in [7, 11) is -1.81. The molecule has 1 aliphatic rings. The highest BCUT2D eigenvalue weighted by molar-refractivity contribution is 7.99. The van der Waals surface area contributed by atoms with Gasteiger partial charge in [-0.15, -0.1) is 0 Å². The van der Waals surface area contributed by atoms with Crippen molar-refractivity contribution in [3.05, 3.63) is 83.2 Å². The number of rotatable bonds is 1. The Kier molecular flexibility index (Phi) is 4.12. The molecule has 3 aromatic rings. The van der Waals surface area contributed by atoms with E-state index < -0.39 is 21.7 Å². The van der Waals surface area contributed by atoms with Gasteiger partial charge in [-0.1, -0.05) is 23.8 Å². The van der Waals surface area contributed by atoms with Crippen LogP contribution >= 0.6 is 0 Å². The molecule has 0 spiro atoms. The summed E-state index contributed by atoms with van der Waals surface area (Å²) < 4.78 is 13.2. The minimum atomic E-state index is -1.40. The van der Waals surface area contributed by atoms with E-state index in [4.69, 9.17) is 6.57 Å². The zero-order chi connectivity index (χ0) is 18.3. The lowest BCUT2D eigenvalue weighted by Gasteiger charge is -2.19. The molecule has 0 N–H and O–H groups in total. The fourth-order valence-electron chi connectivity index (χ4n) is 2.94. The number of nitriles is 1. The number of fused-ring (bicyclic) bond motifs is 2. The van der Waals surface area contributed by atoms with Crippen LogP contribution in [0.3, 0.4) is 0 Å². The highest BCUT2D eigenvalue weighted by Crippen LogP contribution is 2.44. The minimum absolute atomic E-state index is 0.413. The topological polar surface area (TPSA) is 45.2 Å². The van der Waals surface area contributed by atoms with E-state index in [0.717, 1.165) is 14.7 Å². The average Bonchev–Trinajstić information content (AvgIpc) is 2.69. The van der Waals surface area contributed by atoms with Gasteiger partial charge in [-0.3, -0.25) is 0 Å². The molecule has 124 valence electrons. The van der Waals surface area contributed by atoms with Gasteiger partial charge >= 0.3 is 0 Å². The Morgan fingerprint density at radius 2 is 1.65 bits per heavy atom. The molecule has 5 heteroatoms. The van der Waals surface area contributed by atoms with Crippen LogP contribution in [-0.4, -0.2) is 4.21 Å². The van der Waals surface area contributed by atoms with E-state index in [1.807, 2.05) is 19.1 Å². The maximum Gasteiger partial charge on any atom is 0.188 e. The van der Waals surface area contributed by atoms with Gasteiger partial charge in [0.15, 0.2) is 20.4 Å². The van der Waals surface area contributed by atoms with Crippen LogP contribution in [0, 0.1) is 24.8 Å². The molecular weight excluding hydrogens is 360 g/mol. The van der Waals surface area contributed by atoms with Crippen LogP contribution in [0.15, 0.2) is 85.1 Å². The molecule has 0 fully saturated rings. The fraction of sp³-hybridized carbons (Fsp3) is 0.0476. The lowest BCUT2D eigenvalue weighted by Crippen LogP contribution is -2.17. The summed E-state index contributed by atoms with van der Waals surface area (Å²) in [5, 5.41) is 9.23. The Hall–Kier alpha value is -2.86. The van der Waals surface area contributed by atoms with Crippen LogP contribution in [0.25, 0.3) is 4.85 Å². The van der Waals surface area contributed by atoms with E-state index in [1.165, 1.54) is 5.56 Å². The van der Waals surface area contributed by atoms with Gasteiger partial charge in [0.1, 0.15) is 15.8 Å². The molecule has 1 heterocycles. The van der Waals surface area contributed by atoms with E-state index in [9.17, 15) is 9.47 Å². The van der Waals surface area contributed by atoms with E-state index in [2.05, 4.69) is 35.2 Å². The van der Waals surface area contributed by atoms with Crippen molar-refractivity contribution < 1.29 is 4.21 Å². The molecule has 26 heavy (non-hydrogen) atoms. The van der Waals surface area contributed by atoms with Gasteiger partial charge in [0.25, 0.3) is 0 Å². The molecule has 0 saturated carbocycles. The molecule has 2 atom stereocenters. The van der Waals surface area contributed by atoms with Crippen LogP contribution in [-0.2, 0) is 21.7 Å². The van der Waals surface area contributed by atoms with Crippen LogP contribution in [0.1, 0.15) is 11.1 Å². The first kappa shape index (κ1) is 16.6. The van der Waals surface area contributed by atoms with Crippen molar-refractivity contribution in [1.82, 2.24) is 0 Å². The van der Waals surface area contributed by atoms with Crippen molar-refractivity contribution in [2.75, 3.05) is 0 Å². The normalized spacial score (nSPS) is 17.5. The third kappa shape index (κ3) is 2.63. The van der Waals surface area contributed by atoms with Gasteiger partial charge in [-0.2, -0.15) is 5.26 Å². The quantitative estimate of drug-likeness (QED) is 0.348. The molecule has 3 nitrogen and oxygen atoms in total. The first-order valence-corrected chi connectivity index (χ1v) is 10.3. The zero-order valence-electron chi connectivity index (χ0n) is 13.9. The highest BCUT2D eigenvalue weighted by atomic mass is 32.2. The molecule has 0 aromatic heterocycles. The predicted octanol–water partition coefficient (Wildman–Crippen LogP) is 4.99. The van der Waals surface area contributed by atoms with Gasteiger partial charge in [0.05, 0.1) is 33.9 Å². The highest BCUT2D eigenvalue weighted by Gasteiger charge is 2.41. The third-order valence-corrected chi connectivity index (χ3v) is 8.29. The maximum absolute atomic E-state index is 13.2. The van der Waals surface area contributed by atoms with Gasteiger partial charge in [0.2, 0.25) is 0 Å². The summed E-state index contributed by atoms with van der Waals surface area (Å²) in [6, 6.07) is 21.3. The SMILES string of the molecule is [C-]#[N+]c1ccc2c(c1)S(=O)c1cc(C#N)ccc1[S+]2c1ccc(C)cc1. The Morgan fingerprint density at radius 1 is 1.00 bits per heavy atom. The summed E-state index contributed by atoms with van der Waals surface area (Å²) in [4.78, 5) is 7.92. The summed E-state index contributed by atoms with van der Waals surface area (Å²) in [6.07, 6.45) is 0. The van der Waals surface area contributed by atoms with Crippen LogP contribution < -0.4 is 0 Å². The average molecular weight is 373 g/mol. The van der Waals surface area contributed by atoms with E-state index >= 15 is 0 Å². The van der Waals surface area contributed by atoms with Gasteiger partial charge in [-0.05, 0) is 49.4 Å². The van der Waals surface area contributed by atoms with Gasteiger partial charge in [-0.25, -0.2) is 9.05 Å². The van der Waals surface area contributed by atoms with Gasteiger partial charge in [0, 0.05) is 0 Å². The number of aryl methyl sites for hydroxylation is 1. The predicted molar refractivity (Wildman–Crippen MR) is 102 cm³/mol. The Bertz CT molecular complexity index is 1070.